The van der Waals surface area contributed by atoms with Crippen LogP contribution in [0, 0.1) is 0 Å². The van der Waals surface area contributed by atoms with Crippen LogP contribution in [0.1, 0.15) is 82.8 Å². The van der Waals surface area contributed by atoms with Gasteiger partial charge in [-0.1, -0.05) is 95.2 Å². The molecule has 0 radical (unpaired) electrons. The molecule has 1 unspecified atom stereocenters. The largest absolute Gasteiger partial charge is 0.338 e. The normalized spacial score (nSPS) is 14.0. The molecule has 0 spiro atoms. The van der Waals surface area contributed by atoms with Crippen molar-refractivity contribution < 1.29 is 0 Å². The molecule has 1 atom stereocenters. The molecule has 0 N–H and O–H groups in total. The van der Waals surface area contributed by atoms with E-state index in [-0.39, 0.29) is 0 Å². The molecule has 26 heavy (non-hydrogen) atoms. The number of anilines is 2. The zero-order chi connectivity index (χ0) is 18.2. The van der Waals surface area contributed by atoms with Gasteiger partial charge in [0.2, 0.25) is 0 Å². The van der Waals surface area contributed by atoms with Crippen molar-refractivity contribution in [2.24, 2.45) is 0 Å². The summed E-state index contributed by atoms with van der Waals surface area (Å²) < 4.78 is 0. The lowest BCUT2D eigenvalue weighted by Gasteiger charge is -2.39. The molecule has 0 saturated carbocycles. The number of hydrogen-bond donors (Lipinski definition) is 0. The van der Waals surface area contributed by atoms with Crippen LogP contribution >= 0.6 is 0 Å². The van der Waals surface area contributed by atoms with Crippen LogP contribution in [0.3, 0.4) is 0 Å². The zero-order valence-electron chi connectivity index (χ0n) is 16.7. The second-order valence-electron chi connectivity index (χ2n) is 7.78. The van der Waals surface area contributed by atoms with Crippen molar-refractivity contribution >= 4 is 11.4 Å². The molecule has 0 aromatic heterocycles. The summed E-state index contributed by atoms with van der Waals surface area (Å²) in [5.74, 6) is 0. The monoisotopic (exact) mass is 349 g/mol. The van der Waals surface area contributed by atoms with Crippen molar-refractivity contribution in [3.63, 3.8) is 0 Å². The van der Waals surface area contributed by atoms with Crippen LogP contribution in [0.5, 0.6) is 0 Å². The van der Waals surface area contributed by atoms with Gasteiger partial charge in [0.25, 0.3) is 0 Å². The van der Waals surface area contributed by atoms with Gasteiger partial charge in [0.05, 0.1) is 0 Å². The van der Waals surface area contributed by atoms with E-state index in [4.69, 9.17) is 0 Å². The lowest BCUT2D eigenvalue weighted by atomic mass is 9.92. The molecule has 2 aromatic carbocycles. The minimum atomic E-state index is 0.605. The maximum absolute atomic E-state index is 2.64. The molecule has 0 amide bonds. The molecule has 0 bridgehead atoms. The third kappa shape index (κ3) is 4.50. The van der Waals surface area contributed by atoms with Crippen LogP contribution in [0.4, 0.5) is 11.4 Å². The van der Waals surface area contributed by atoms with Crippen molar-refractivity contribution in [2.45, 2.75) is 84.1 Å². The molecule has 1 aliphatic heterocycles. The standard InChI is InChI=1S/C25H35N/c1-3-5-6-7-8-9-10-17-23(4-2)26-24-18-13-11-15-21(24)20-22-16-12-14-19-25(22)26/h11-16,18-19,23H,3-10,17,20H2,1-2H3. The van der Waals surface area contributed by atoms with E-state index in [9.17, 15) is 0 Å². The molecular formula is C25H35N. The van der Waals surface area contributed by atoms with Gasteiger partial charge in [0, 0.05) is 23.8 Å². The average Bonchev–Trinajstić information content (AvgIpc) is 2.69. The van der Waals surface area contributed by atoms with Crippen LogP contribution in [-0.4, -0.2) is 6.04 Å². The summed E-state index contributed by atoms with van der Waals surface area (Å²) in [6, 6.07) is 18.6. The van der Waals surface area contributed by atoms with Gasteiger partial charge in [0.1, 0.15) is 0 Å². The molecule has 1 heteroatoms. The SMILES string of the molecule is CCCCCCCCCC(CC)N1c2ccccc2Cc2ccccc21. The first-order valence-corrected chi connectivity index (χ1v) is 10.8. The van der Waals surface area contributed by atoms with E-state index in [1.54, 1.807) is 0 Å². The van der Waals surface area contributed by atoms with Crippen molar-refractivity contribution in [3.8, 4) is 0 Å². The fraction of sp³-hybridized carbons (Fsp3) is 0.520. The summed E-state index contributed by atoms with van der Waals surface area (Å²) in [5.41, 5.74) is 5.82. The Bertz CT molecular complexity index is 630. The first-order chi connectivity index (χ1) is 12.8. The highest BCUT2D eigenvalue weighted by molar-refractivity contribution is 5.74. The molecule has 1 aliphatic rings. The number of benzene rings is 2. The predicted octanol–water partition coefficient (Wildman–Crippen LogP) is 7.65. The van der Waals surface area contributed by atoms with Gasteiger partial charge in [-0.15, -0.1) is 0 Å². The van der Waals surface area contributed by atoms with Crippen molar-refractivity contribution in [1.82, 2.24) is 0 Å². The maximum Gasteiger partial charge on any atom is 0.0449 e. The summed E-state index contributed by atoms with van der Waals surface area (Å²) >= 11 is 0. The van der Waals surface area contributed by atoms with Gasteiger partial charge in [0.15, 0.2) is 0 Å². The summed E-state index contributed by atoms with van der Waals surface area (Å²) in [4.78, 5) is 2.64. The summed E-state index contributed by atoms with van der Waals surface area (Å²) in [6.07, 6.45) is 13.3. The topological polar surface area (TPSA) is 3.24 Å². The fourth-order valence-corrected chi connectivity index (χ4v) is 4.37. The van der Waals surface area contributed by atoms with Crippen LogP contribution in [0.25, 0.3) is 0 Å². The molecule has 0 aliphatic carbocycles. The number of para-hydroxylation sites is 2. The molecule has 0 fully saturated rings. The van der Waals surface area contributed by atoms with Gasteiger partial charge in [-0.05, 0) is 36.1 Å². The second kappa shape index (κ2) is 9.80. The molecular weight excluding hydrogens is 314 g/mol. The summed E-state index contributed by atoms with van der Waals surface area (Å²) in [6.45, 7) is 4.64. The Hall–Kier alpha value is -1.76. The van der Waals surface area contributed by atoms with Crippen LogP contribution in [-0.2, 0) is 6.42 Å². The average molecular weight is 350 g/mol. The highest BCUT2D eigenvalue weighted by atomic mass is 15.2. The van der Waals surface area contributed by atoms with Crippen LogP contribution < -0.4 is 4.90 Å². The fourth-order valence-electron chi connectivity index (χ4n) is 4.37. The Labute approximate surface area is 160 Å². The lowest BCUT2D eigenvalue weighted by molar-refractivity contribution is 0.513. The van der Waals surface area contributed by atoms with E-state index in [1.807, 2.05) is 0 Å². The molecule has 1 heterocycles. The van der Waals surface area contributed by atoms with Crippen molar-refractivity contribution in [3.05, 3.63) is 59.7 Å². The van der Waals surface area contributed by atoms with Gasteiger partial charge in [-0.3, -0.25) is 0 Å². The zero-order valence-corrected chi connectivity index (χ0v) is 16.7. The van der Waals surface area contributed by atoms with E-state index in [0.29, 0.717) is 6.04 Å². The Morgan fingerprint density at radius 1 is 0.731 bits per heavy atom. The minimum Gasteiger partial charge on any atom is -0.338 e. The smallest absolute Gasteiger partial charge is 0.0449 e. The van der Waals surface area contributed by atoms with Gasteiger partial charge in [-0.25, -0.2) is 0 Å². The Morgan fingerprint density at radius 2 is 1.27 bits per heavy atom. The van der Waals surface area contributed by atoms with E-state index < -0.39 is 0 Å². The highest BCUT2D eigenvalue weighted by Crippen LogP contribution is 2.41. The van der Waals surface area contributed by atoms with E-state index >= 15 is 0 Å². The number of unbranched alkanes of at least 4 members (excludes halogenated alkanes) is 6. The van der Waals surface area contributed by atoms with Crippen molar-refractivity contribution in [2.75, 3.05) is 4.90 Å². The third-order valence-corrected chi connectivity index (χ3v) is 5.86. The first kappa shape index (κ1) is 19.0. The predicted molar refractivity (Wildman–Crippen MR) is 115 cm³/mol. The van der Waals surface area contributed by atoms with Gasteiger partial charge >= 0.3 is 0 Å². The van der Waals surface area contributed by atoms with Gasteiger partial charge < -0.3 is 4.90 Å². The lowest BCUT2D eigenvalue weighted by Crippen LogP contribution is -2.34. The third-order valence-electron chi connectivity index (χ3n) is 5.86. The van der Waals surface area contributed by atoms with E-state index in [0.717, 1.165) is 6.42 Å². The summed E-state index contributed by atoms with van der Waals surface area (Å²) in [5, 5.41) is 0. The van der Waals surface area contributed by atoms with Gasteiger partial charge in [-0.2, -0.15) is 0 Å². The summed E-state index contributed by atoms with van der Waals surface area (Å²) in [7, 11) is 0. The highest BCUT2D eigenvalue weighted by Gasteiger charge is 2.26. The molecule has 2 aromatic rings. The van der Waals surface area contributed by atoms with E-state index in [1.165, 1.54) is 80.3 Å². The number of fused-ring (bicyclic) bond motifs is 2. The van der Waals surface area contributed by atoms with Crippen molar-refractivity contribution in [1.29, 1.82) is 0 Å². The van der Waals surface area contributed by atoms with E-state index in [2.05, 4.69) is 67.3 Å². The number of hydrogen-bond acceptors (Lipinski definition) is 1. The minimum absolute atomic E-state index is 0.605. The second-order valence-corrected chi connectivity index (χ2v) is 7.78. The first-order valence-electron chi connectivity index (χ1n) is 10.8. The van der Waals surface area contributed by atoms with Crippen LogP contribution in [0.2, 0.25) is 0 Å². The molecule has 140 valence electrons. The Balaban J connectivity index is 1.68. The molecule has 3 rings (SSSR count). The Morgan fingerprint density at radius 3 is 1.85 bits per heavy atom. The Kier molecular flexibility index (Phi) is 7.17. The number of rotatable bonds is 10. The molecule has 0 saturated heterocycles. The van der Waals surface area contributed by atoms with Crippen LogP contribution in [0.15, 0.2) is 48.5 Å². The molecule has 1 nitrogen and oxygen atoms in total. The number of nitrogens with zero attached hydrogens (tertiary/aromatic N) is 1. The quantitative estimate of drug-likeness (QED) is 0.398. The maximum atomic E-state index is 2.64.